The molecule has 3 fully saturated rings. The van der Waals surface area contributed by atoms with Gasteiger partial charge in [0.1, 0.15) is 0 Å². The van der Waals surface area contributed by atoms with Crippen LogP contribution in [0.1, 0.15) is 65.2 Å². The number of rotatable bonds is 8. The first-order valence-corrected chi connectivity index (χ1v) is 12.1. The van der Waals surface area contributed by atoms with Crippen LogP contribution in [-0.4, -0.2) is 84.9 Å². The topological polar surface area (TPSA) is 55.9 Å². The number of hydrogen-bond donors (Lipinski definition) is 1. The third kappa shape index (κ3) is 6.68. The fourth-order valence-electron chi connectivity index (χ4n) is 5.30. The van der Waals surface area contributed by atoms with Crippen LogP contribution in [0.4, 0.5) is 0 Å². The first-order valence-electron chi connectivity index (χ1n) is 12.1. The van der Waals surface area contributed by atoms with Crippen LogP contribution in [0.3, 0.4) is 0 Å². The Morgan fingerprint density at radius 2 is 1.55 bits per heavy atom. The van der Waals surface area contributed by atoms with Gasteiger partial charge >= 0.3 is 0 Å². The van der Waals surface area contributed by atoms with E-state index >= 15 is 0 Å². The number of amides is 2. The zero-order valence-corrected chi connectivity index (χ0v) is 18.7. The standard InChI is InChI=1S/C23H42N4O2/c1-19(2)18-21(28)26-14-16-27(17-15-26)22(20-8-4-5-9-20)23(29)24-10-13-25-11-6-3-7-12-25/h19-20,22H,3-18H2,1-2H3,(H,24,29). The van der Waals surface area contributed by atoms with Gasteiger partial charge in [-0.2, -0.15) is 0 Å². The summed E-state index contributed by atoms with van der Waals surface area (Å²) in [6, 6.07) is -0.0128. The summed E-state index contributed by atoms with van der Waals surface area (Å²) >= 11 is 0. The lowest BCUT2D eigenvalue weighted by Gasteiger charge is -2.41. The van der Waals surface area contributed by atoms with Gasteiger partial charge in [-0.1, -0.05) is 33.1 Å². The summed E-state index contributed by atoms with van der Waals surface area (Å²) in [5.74, 6) is 1.36. The fraction of sp³-hybridized carbons (Fsp3) is 0.913. The minimum Gasteiger partial charge on any atom is -0.353 e. The summed E-state index contributed by atoms with van der Waals surface area (Å²) in [4.78, 5) is 32.4. The van der Waals surface area contributed by atoms with Crippen molar-refractivity contribution in [3.05, 3.63) is 0 Å². The molecule has 6 nitrogen and oxygen atoms in total. The van der Waals surface area contributed by atoms with E-state index in [-0.39, 0.29) is 17.9 Å². The molecular formula is C23H42N4O2. The van der Waals surface area contributed by atoms with Crippen molar-refractivity contribution in [2.45, 2.75) is 71.3 Å². The molecule has 1 aliphatic carbocycles. The zero-order chi connectivity index (χ0) is 20.6. The lowest BCUT2D eigenvalue weighted by atomic mass is 9.95. The summed E-state index contributed by atoms with van der Waals surface area (Å²) in [5, 5.41) is 3.26. The molecule has 29 heavy (non-hydrogen) atoms. The maximum Gasteiger partial charge on any atom is 0.237 e. The quantitative estimate of drug-likeness (QED) is 0.672. The molecule has 6 heteroatoms. The van der Waals surface area contributed by atoms with Gasteiger partial charge in [-0.05, 0) is 50.6 Å². The number of carbonyl (C=O) groups is 2. The van der Waals surface area contributed by atoms with Crippen molar-refractivity contribution in [2.75, 3.05) is 52.4 Å². The molecule has 1 unspecified atom stereocenters. The lowest BCUT2D eigenvalue weighted by molar-refractivity contribution is -0.136. The van der Waals surface area contributed by atoms with Crippen molar-refractivity contribution in [1.29, 1.82) is 0 Å². The van der Waals surface area contributed by atoms with Crippen molar-refractivity contribution in [3.8, 4) is 0 Å². The predicted molar refractivity (Wildman–Crippen MR) is 117 cm³/mol. The molecule has 3 aliphatic rings. The molecule has 2 amide bonds. The largest absolute Gasteiger partial charge is 0.353 e. The van der Waals surface area contributed by atoms with Gasteiger partial charge in [0.05, 0.1) is 6.04 Å². The highest BCUT2D eigenvalue weighted by Gasteiger charge is 2.37. The maximum atomic E-state index is 13.2. The van der Waals surface area contributed by atoms with E-state index < -0.39 is 0 Å². The Hall–Kier alpha value is -1.14. The summed E-state index contributed by atoms with van der Waals surface area (Å²) in [5.41, 5.74) is 0. The number of piperidine rings is 1. The molecule has 0 spiro atoms. The zero-order valence-electron chi connectivity index (χ0n) is 18.7. The average molecular weight is 407 g/mol. The van der Waals surface area contributed by atoms with Crippen molar-refractivity contribution < 1.29 is 9.59 Å². The van der Waals surface area contributed by atoms with Gasteiger partial charge in [0.15, 0.2) is 0 Å². The minimum atomic E-state index is -0.0128. The van der Waals surface area contributed by atoms with Gasteiger partial charge in [0.25, 0.3) is 0 Å². The molecule has 1 N–H and O–H groups in total. The molecule has 0 aromatic carbocycles. The van der Waals surface area contributed by atoms with Crippen molar-refractivity contribution in [1.82, 2.24) is 20.0 Å². The Bertz CT molecular complexity index is 519. The van der Waals surface area contributed by atoms with E-state index in [0.29, 0.717) is 18.3 Å². The van der Waals surface area contributed by atoms with E-state index in [1.54, 1.807) is 0 Å². The molecule has 2 saturated heterocycles. The van der Waals surface area contributed by atoms with E-state index in [2.05, 4.69) is 29.0 Å². The molecule has 0 radical (unpaired) electrons. The van der Waals surface area contributed by atoms with Crippen molar-refractivity contribution in [2.24, 2.45) is 11.8 Å². The number of likely N-dealkylation sites (tertiary alicyclic amines) is 1. The van der Waals surface area contributed by atoms with Crippen LogP contribution < -0.4 is 5.32 Å². The number of nitrogens with one attached hydrogen (secondary N) is 1. The van der Waals surface area contributed by atoms with Crippen LogP contribution in [0, 0.1) is 11.8 Å². The van der Waals surface area contributed by atoms with Crippen LogP contribution in [0.2, 0.25) is 0 Å². The smallest absolute Gasteiger partial charge is 0.237 e. The number of piperazine rings is 1. The third-order valence-electron chi connectivity index (χ3n) is 6.93. The fourth-order valence-corrected chi connectivity index (χ4v) is 5.30. The highest BCUT2D eigenvalue weighted by molar-refractivity contribution is 5.82. The van der Waals surface area contributed by atoms with E-state index in [1.165, 1.54) is 45.2 Å². The second kappa shape index (κ2) is 11.3. The first-order chi connectivity index (χ1) is 14.0. The van der Waals surface area contributed by atoms with E-state index in [4.69, 9.17) is 0 Å². The van der Waals surface area contributed by atoms with Crippen molar-refractivity contribution >= 4 is 11.8 Å². The molecule has 2 aliphatic heterocycles. The summed E-state index contributed by atoms with van der Waals surface area (Å²) in [7, 11) is 0. The average Bonchev–Trinajstić information content (AvgIpc) is 3.23. The van der Waals surface area contributed by atoms with Crippen LogP contribution in [0.15, 0.2) is 0 Å². The molecule has 2 heterocycles. The highest BCUT2D eigenvalue weighted by atomic mass is 16.2. The molecule has 3 rings (SSSR count). The number of hydrogen-bond acceptors (Lipinski definition) is 4. The van der Waals surface area contributed by atoms with Crippen LogP contribution in [-0.2, 0) is 9.59 Å². The predicted octanol–water partition coefficient (Wildman–Crippen LogP) is 2.34. The third-order valence-corrected chi connectivity index (χ3v) is 6.93. The second-order valence-corrected chi connectivity index (χ2v) is 9.70. The summed E-state index contributed by atoms with van der Waals surface area (Å²) in [6.45, 7) is 11.4. The number of carbonyl (C=O) groups excluding carboxylic acids is 2. The Morgan fingerprint density at radius 3 is 2.17 bits per heavy atom. The molecule has 0 aromatic heterocycles. The summed E-state index contributed by atoms with van der Waals surface area (Å²) < 4.78 is 0. The Morgan fingerprint density at radius 1 is 0.897 bits per heavy atom. The van der Waals surface area contributed by atoms with Crippen LogP contribution in [0.5, 0.6) is 0 Å². The molecule has 1 atom stereocenters. The minimum absolute atomic E-state index is 0.0128. The highest BCUT2D eigenvalue weighted by Crippen LogP contribution is 2.31. The molecule has 0 bridgehead atoms. The van der Waals surface area contributed by atoms with Gasteiger partial charge in [-0.15, -0.1) is 0 Å². The van der Waals surface area contributed by atoms with E-state index in [0.717, 1.165) is 52.1 Å². The van der Waals surface area contributed by atoms with Crippen molar-refractivity contribution in [3.63, 3.8) is 0 Å². The first kappa shape index (κ1) is 22.5. The Balaban J connectivity index is 1.50. The normalized spacial score (nSPS) is 23.5. The van der Waals surface area contributed by atoms with E-state index in [1.807, 2.05) is 4.90 Å². The van der Waals surface area contributed by atoms with Gasteiger partial charge in [0.2, 0.25) is 11.8 Å². The summed E-state index contributed by atoms with van der Waals surface area (Å²) in [6.07, 6.45) is 9.37. The van der Waals surface area contributed by atoms with Crippen LogP contribution >= 0.6 is 0 Å². The lowest BCUT2D eigenvalue weighted by Crippen LogP contribution is -2.58. The van der Waals surface area contributed by atoms with Crippen LogP contribution in [0.25, 0.3) is 0 Å². The maximum absolute atomic E-state index is 13.2. The van der Waals surface area contributed by atoms with Gasteiger partial charge < -0.3 is 15.1 Å². The SMILES string of the molecule is CC(C)CC(=O)N1CCN(C(C(=O)NCCN2CCCCC2)C2CCCC2)CC1. The van der Waals surface area contributed by atoms with Gasteiger partial charge in [-0.3, -0.25) is 14.5 Å². The molecule has 166 valence electrons. The second-order valence-electron chi connectivity index (χ2n) is 9.70. The monoisotopic (exact) mass is 406 g/mol. The van der Waals surface area contributed by atoms with Gasteiger partial charge in [-0.25, -0.2) is 0 Å². The van der Waals surface area contributed by atoms with E-state index in [9.17, 15) is 9.59 Å². The van der Waals surface area contributed by atoms with Gasteiger partial charge in [0, 0.05) is 45.7 Å². The Kier molecular flexibility index (Phi) is 8.79. The number of nitrogens with zero attached hydrogens (tertiary/aromatic N) is 3. The molecular weight excluding hydrogens is 364 g/mol. The Labute approximate surface area is 177 Å². The molecule has 0 aromatic rings. The molecule has 1 saturated carbocycles.